The first-order valence-electron chi connectivity index (χ1n) is 6.25. The number of benzene rings is 1. The standard InChI is InChI=1S/C13H15N3O4S/c1-3-9-7-12(15-14-9)16-21(19,20)11-6-4-5-10(8(11)2)13(17)18/h4-7H,3H2,1-2H3,(H,17,18)(H2,14,15,16). The molecule has 1 aromatic carbocycles. The molecule has 21 heavy (non-hydrogen) atoms. The number of aromatic amines is 1. The monoisotopic (exact) mass is 309 g/mol. The number of carboxylic acids is 1. The van der Waals surface area contributed by atoms with Gasteiger partial charge in [-0.1, -0.05) is 13.0 Å². The third-order valence-electron chi connectivity index (χ3n) is 3.05. The van der Waals surface area contributed by atoms with E-state index in [1.807, 2.05) is 6.92 Å². The van der Waals surface area contributed by atoms with E-state index < -0.39 is 16.0 Å². The minimum absolute atomic E-state index is 0.0471. The third kappa shape index (κ3) is 3.05. The molecule has 0 spiro atoms. The zero-order valence-electron chi connectivity index (χ0n) is 11.5. The Balaban J connectivity index is 2.40. The molecule has 0 aliphatic carbocycles. The summed E-state index contributed by atoms with van der Waals surface area (Å²) >= 11 is 0. The molecule has 2 rings (SSSR count). The second-order valence-corrected chi connectivity index (χ2v) is 6.12. The third-order valence-corrected chi connectivity index (χ3v) is 4.55. The molecule has 0 fully saturated rings. The molecule has 112 valence electrons. The molecule has 0 radical (unpaired) electrons. The van der Waals surface area contributed by atoms with Crippen LogP contribution in [0.4, 0.5) is 5.82 Å². The molecule has 0 unspecified atom stereocenters. The first-order valence-corrected chi connectivity index (χ1v) is 7.73. The van der Waals surface area contributed by atoms with Crippen molar-refractivity contribution in [3.63, 3.8) is 0 Å². The van der Waals surface area contributed by atoms with Crippen molar-refractivity contribution < 1.29 is 18.3 Å². The lowest BCUT2D eigenvalue weighted by Gasteiger charge is -2.10. The van der Waals surface area contributed by atoms with E-state index in [0.29, 0.717) is 6.42 Å². The van der Waals surface area contributed by atoms with Gasteiger partial charge >= 0.3 is 5.97 Å². The highest BCUT2D eigenvalue weighted by molar-refractivity contribution is 7.92. The minimum Gasteiger partial charge on any atom is -0.478 e. The largest absolute Gasteiger partial charge is 0.478 e. The summed E-state index contributed by atoms with van der Waals surface area (Å²) < 4.78 is 27.0. The summed E-state index contributed by atoms with van der Waals surface area (Å²) in [6.45, 7) is 3.37. The number of anilines is 1. The number of aryl methyl sites for hydroxylation is 1. The summed E-state index contributed by atoms with van der Waals surface area (Å²) in [5, 5.41) is 15.6. The zero-order chi connectivity index (χ0) is 15.6. The molecular weight excluding hydrogens is 294 g/mol. The van der Waals surface area contributed by atoms with Crippen LogP contribution in [0.25, 0.3) is 0 Å². The van der Waals surface area contributed by atoms with Crippen molar-refractivity contribution in [2.75, 3.05) is 4.72 Å². The van der Waals surface area contributed by atoms with Crippen molar-refractivity contribution in [3.8, 4) is 0 Å². The van der Waals surface area contributed by atoms with Crippen LogP contribution in [0.1, 0.15) is 28.5 Å². The van der Waals surface area contributed by atoms with E-state index in [0.717, 1.165) is 5.69 Å². The second kappa shape index (κ2) is 5.57. The number of carbonyl (C=O) groups is 1. The van der Waals surface area contributed by atoms with Gasteiger partial charge in [-0.3, -0.25) is 9.82 Å². The van der Waals surface area contributed by atoms with Crippen molar-refractivity contribution in [1.82, 2.24) is 10.2 Å². The van der Waals surface area contributed by atoms with Gasteiger partial charge < -0.3 is 5.11 Å². The van der Waals surface area contributed by atoms with Gasteiger partial charge in [0.15, 0.2) is 5.82 Å². The van der Waals surface area contributed by atoms with Crippen LogP contribution in [0.5, 0.6) is 0 Å². The molecule has 0 bridgehead atoms. The maximum absolute atomic E-state index is 12.3. The molecule has 1 aromatic heterocycles. The molecule has 1 heterocycles. The van der Waals surface area contributed by atoms with Gasteiger partial charge in [0.2, 0.25) is 0 Å². The van der Waals surface area contributed by atoms with Crippen LogP contribution in [0.3, 0.4) is 0 Å². The van der Waals surface area contributed by atoms with Crippen molar-refractivity contribution in [1.29, 1.82) is 0 Å². The van der Waals surface area contributed by atoms with Crippen LogP contribution >= 0.6 is 0 Å². The van der Waals surface area contributed by atoms with Gasteiger partial charge in [-0.25, -0.2) is 13.2 Å². The number of hydrogen-bond donors (Lipinski definition) is 3. The summed E-state index contributed by atoms with van der Waals surface area (Å²) in [6, 6.07) is 5.71. The Kier molecular flexibility index (Phi) is 3.99. The molecule has 0 atom stereocenters. The van der Waals surface area contributed by atoms with E-state index in [9.17, 15) is 13.2 Å². The first-order chi connectivity index (χ1) is 9.85. The number of nitrogens with zero attached hydrogens (tertiary/aromatic N) is 1. The lowest BCUT2D eigenvalue weighted by molar-refractivity contribution is 0.0696. The Hall–Kier alpha value is -2.35. The Morgan fingerprint density at radius 3 is 2.71 bits per heavy atom. The van der Waals surface area contributed by atoms with E-state index >= 15 is 0 Å². The number of aromatic carboxylic acids is 1. The van der Waals surface area contributed by atoms with Gasteiger partial charge in [-0.2, -0.15) is 5.10 Å². The van der Waals surface area contributed by atoms with Gasteiger partial charge in [-0.15, -0.1) is 0 Å². The fourth-order valence-corrected chi connectivity index (χ4v) is 3.19. The van der Waals surface area contributed by atoms with Crippen molar-refractivity contribution >= 4 is 21.8 Å². The van der Waals surface area contributed by atoms with Crippen LogP contribution < -0.4 is 4.72 Å². The number of carboxylic acid groups (broad SMARTS) is 1. The van der Waals surface area contributed by atoms with Crippen LogP contribution in [-0.2, 0) is 16.4 Å². The fraction of sp³-hybridized carbons (Fsp3) is 0.231. The summed E-state index contributed by atoms with van der Waals surface area (Å²) in [5.41, 5.74) is 0.932. The van der Waals surface area contributed by atoms with E-state index in [-0.39, 0.29) is 21.8 Å². The highest BCUT2D eigenvalue weighted by Gasteiger charge is 2.21. The molecule has 3 N–H and O–H groups in total. The van der Waals surface area contributed by atoms with Gasteiger partial charge in [0.05, 0.1) is 10.5 Å². The summed E-state index contributed by atoms with van der Waals surface area (Å²) in [4.78, 5) is 11.0. The topological polar surface area (TPSA) is 112 Å². The Labute approximate surface area is 122 Å². The molecule has 0 amide bonds. The maximum Gasteiger partial charge on any atom is 0.335 e. The molecule has 7 nitrogen and oxygen atoms in total. The lowest BCUT2D eigenvalue weighted by Crippen LogP contribution is -2.16. The number of sulfonamides is 1. The average Bonchev–Trinajstić information content (AvgIpc) is 2.85. The van der Waals surface area contributed by atoms with Gasteiger partial charge in [0.25, 0.3) is 10.0 Å². The molecule has 0 aliphatic rings. The minimum atomic E-state index is -3.89. The number of aromatic nitrogens is 2. The molecular formula is C13H15N3O4S. The summed E-state index contributed by atoms with van der Waals surface area (Å²) in [6.07, 6.45) is 0.697. The molecule has 2 aromatic rings. The SMILES string of the molecule is CCc1cc(NS(=O)(=O)c2cccc(C(=O)O)c2C)n[nH]1. The molecule has 0 aliphatic heterocycles. The fourth-order valence-electron chi connectivity index (χ4n) is 1.92. The normalized spacial score (nSPS) is 11.3. The van der Waals surface area contributed by atoms with Gasteiger partial charge in [-0.05, 0) is 31.0 Å². The highest BCUT2D eigenvalue weighted by atomic mass is 32.2. The van der Waals surface area contributed by atoms with Crippen molar-refractivity contribution in [3.05, 3.63) is 41.1 Å². The Morgan fingerprint density at radius 2 is 2.14 bits per heavy atom. The summed E-state index contributed by atoms with van der Waals surface area (Å²) in [7, 11) is -3.89. The number of hydrogen-bond acceptors (Lipinski definition) is 4. The van der Waals surface area contributed by atoms with E-state index in [1.54, 1.807) is 6.07 Å². The molecule has 8 heteroatoms. The predicted octanol–water partition coefficient (Wildman–Crippen LogP) is 1.78. The molecule has 0 saturated carbocycles. The van der Waals surface area contributed by atoms with E-state index in [4.69, 9.17) is 5.11 Å². The van der Waals surface area contributed by atoms with Crippen LogP contribution in [0, 0.1) is 6.92 Å². The van der Waals surface area contributed by atoms with Crippen molar-refractivity contribution in [2.45, 2.75) is 25.2 Å². The van der Waals surface area contributed by atoms with Crippen molar-refractivity contribution in [2.24, 2.45) is 0 Å². The second-order valence-electron chi connectivity index (χ2n) is 4.47. The van der Waals surface area contributed by atoms with Crippen LogP contribution in [0.15, 0.2) is 29.2 Å². The smallest absolute Gasteiger partial charge is 0.335 e. The van der Waals surface area contributed by atoms with Crippen LogP contribution in [-0.4, -0.2) is 29.7 Å². The maximum atomic E-state index is 12.3. The summed E-state index contributed by atoms with van der Waals surface area (Å²) in [5.74, 6) is -0.996. The zero-order valence-corrected chi connectivity index (χ0v) is 12.4. The van der Waals surface area contributed by atoms with Gasteiger partial charge in [0.1, 0.15) is 0 Å². The highest BCUT2D eigenvalue weighted by Crippen LogP contribution is 2.21. The number of rotatable bonds is 5. The Morgan fingerprint density at radius 1 is 1.43 bits per heavy atom. The van der Waals surface area contributed by atoms with E-state index in [1.165, 1.54) is 25.1 Å². The molecule has 0 saturated heterocycles. The van der Waals surface area contributed by atoms with E-state index in [2.05, 4.69) is 14.9 Å². The first kappa shape index (κ1) is 15.0. The quantitative estimate of drug-likeness (QED) is 0.779. The van der Waals surface area contributed by atoms with Gasteiger partial charge in [0, 0.05) is 11.8 Å². The average molecular weight is 309 g/mol. The number of H-pyrrole nitrogens is 1. The van der Waals surface area contributed by atoms with Crippen LogP contribution in [0.2, 0.25) is 0 Å². The number of nitrogens with one attached hydrogen (secondary N) is 2. The predicted molar refractivity (Wildman–Crippen MR) is 76.9 cm³/mol. The Bertz CT molecular complexity index is 780. The lowest BCUT2D eigenvalue weighted by atomic mass is 10.1.